The Kier molecular flexibility index (Phi) is 5.05. The molecule has 1 aliphatic heterocycles. The third kappa shape index (κ3) is 2.83. The van der Waals surface area contributed by atoms with Crippen molar-refractivity contribution in [2.24, 2.45) is 0 Å². The SMILES string of the molecule is Cc1c(C(=O)N2CCNC(C)C2C)oc2ccc(Cl)cc12.Cl. The minimum atomic E-state index is -0.0410. The minimum Gasteiger partial charge on any atom is -0.451 e. The summed E-state index contributed by atoms with van der Waals surface area (Å²) in [7, 11) is 0. The van der Waals surface area contributed by atoms with Crippen LogP contribution in [-0.2, 0) is 0 Å². The van der Waals surface area contributed by atoms with Gasteiger partial charge < -0.3 is 14.6 Å². The van der Waals surface area contributed by atoms with E-state index in [0.29, 0.717) is 22.9 Å². The van der Waals surface area contributed by atoms with Gasteiger partial charge in [0.05, 0.1) is 0 Å². The average molecular weight is 343 g/mol. The molecule has 0 aliphatic carbocycles. The Balaban J connectivity index is 0.00000176. The first-order valence-corrected chi connectivity index (χ1v) is 7.60. The molecule has 1 fully saturated rings. The Bertz CT molecular complexity index is 699. The highest BCUT2D eigenvalue weighted by Crippen LogP contribution is 2.29. The first-order chi connectivity index (χ1) is 9.99. The molecule has 1 amide bonds. The number of hydrogen-bond donors (Lipinski definition) is 1. The Labute approximate surface area is 141 Å². The predicted octanol–water partition coefficient (Wildman–Crippen LogP) is 3.64. The van der Waals surface area contributed by atoms with E-state index >= 15 is 0 Å². The summed E-state index contributed by atoms with van der Waals surface area (Å²) in [5.74, 6) is 0.383. The van der Waals surface area contributed by atoms with Crippen LogP contribution in [0, 0.1) is 6.92 Å². The maximum Gasteiger partial charge on any atom is 0.290 e. The lowest BCUT2D eigenvalue weighted by Gasteiger charge is -2.38. The molecule has 1 N–H and O–H groups in total. The fourth-order valence-electron chi connectivity index (χ4n) is 2.87. The normalized spacial score (nSPS) is 21.7. The summed E-state index contributed by atoms with van der Waals surface area (Å²) in [6.07, 6.45) is 0. The van der Waals surface area contributed by atoms with Gasteiger partial charge in [0, 0.05) is 41.1 Å². The largest absolute Gasteiger partial charge is 0.451 e. The lowest BCUT2D eigenvalue weighted by molar-refractivity contribution is 0.0572. The van der Waals surface area contributed by atoms with E-state index in [1.165, 1.54) is 0 Å². The van der Waals surface area contributed by atoms with Crippen molar-refractivity contribution in [1.82, 2.24) is 10.2 Å². The van der Waals surface area contributed by atoms with Crippen molar-refractivity contribution in [2.75, 3.05) is 13.1 Å². The molecule has 3 rings (SSSR count). The fourth-order valence-corrected chi connectivity index (χ4v) is 3.04. The fraction of sp³-hybridized carbons (Fsp3) is 0.438. The zero-order valence-electron chi connectivity index (χ0n) is 12.9. The van der Waals surface area contributed by atoms with Crippen LogP contribution >= 0.6 is 24.0 Å². The van der Waals surface area contributed by atoms with Gasteiger partial charge in [0.15, 0.2) is 5.76 Å². The molecule has 2 unspecified atom stereocenters. The molecule has 22 heavy (non-hydrogen) atoms. The Hall–Kier alpha value is -1.23. The van der Waals surface area contributed by atoms with E-state index in [0.717, 1.165) is 17.5 Å². The number of aryl methyl sites for hydroxylation is 1. The number of amides is 1. The number of fused-ring (bicyclic) bond motifs is 1. The molecule has 0 spiro atoms. The maximum absolute atomic E-state index is 12.8. The van der Waals surface area contributed by atoms with Gasteiger partial charge in [0.2, 0.25) is 0 Å². The van der Waals surface area contributed by atoms with E-state index in [1.54, 1.807) is 6.07 Å². The Morgan fingerprint density at radius 2 is 2.14 bits per heavy atom. The molecule has 2 atom stereocenters. The quantitative estimate of drug-likeness (QED) is 0.860. The van der Waals surface area contributed by atoms with Gasteiger partial charge in [0.25, 0.3) is 5.91 Å². The van der Waals surface area contributed by atoms with Crippen molar-refractivity contribution in [1.29, 1.82) is 0 Å². The standard InChI is InChI=1S/C16H19ClN2O2.ClH/c1-9-13-8-12(17)4-5-14(13)21-15(9)16(20)19-7-6-18-10(2)11(19)3;/h4-5,8,10-11,18H,6-7H2,1-3H3;1H. The number of carbonyl (C=O) groups excluding carboxylic acids is 1. The zero-order valence-corrected chi connectivity index (χ0v) is 14.4. The van der Waals surface area contributed by atoms with Gasteiger partial charge in [-0.25, -0.2) is 0 Å². The number of piperazine rings is 1. The summed E-state index contributed by atoms with van der Waals surface area (Å²) in [6, 6.07) is 5.85. The van der Waals surface area contributed by atoms with Crippen LogP contribution in [0.3, 0.4) is 0 Å². The van der Waals surface area contributed by atoms with Gasteiger partial charge in [0.1, 0.15) is 5.58 Å². The predicted molar refractivity (Wildman–Crippen MR) is 91.2 cm³/mol. The van der Waals surface area contributed by atoms with E-state index in [1.807, 2.05) is 24.0 Å². The molecule has 6 heteroatoms. The third-order valence-electron chi connectivity index (χ3n) is 4.39. The van der Waals surface area contributed by atoms with Gasteiger partial charge in [-0.2, -0.15) is 0 Å². The average Bonchev–Trinajstić information content (AvgIpc) is 2.78. The second-order valence-corrected chi connectivity index (χ2v) is 6.12. The molecule has 0 saturated carbocycles. The van der Waals surface area contributed by atoms with Crippen LogP contribution in [0.5, 0.6) is 0 Å². The third-order valence-corrected chi connectivity index (χ3v) is 4.62. The first-order valence-electron chi connectivity index (χ1n) is 7.22. The van der Waals surface area contributed by atoms with Crippen LogP contribution in [0.4, 0.5) is 0 Å². The van der Waals surface area contributed by atoms with Crippen molar-refractivity contribution in [2.45, 2.75) is 32.9 Å². The van der Waals surface area contributed by atoms with E-state index < -0.39 is 0 Å². The van der Waals surface area contributed by atoms with Crippen LogP contribution in [-0.4, -0.2) is 36.0 Å². The van der Waals surface area contributed by atoms with Crippen molar-refractivity contribution in [3.63, 3.8) is 0 Å². The number of nitrogens with zero attached hydrogens (tertiary/aromatic N) is 1. The van der Waals surface area contributed by atoms with E-state index in [2.05, 4.69) is 19.2 Å². The van der Waals surface area contributed by atoms with Crippen molar-refractivity contribution in [3.05, 3.63) is 34.5 Å². The lowest BCUT2D eigenvalue weighted by atomic mass is 10.1. The van der Waals surface area contributed by atoms with Crippen LogP contribution in [0.25, 0.3) is 11.0 Å². The second kappa shape index (κ2) is 6.49. The van der Waals surface area contributed by atoms with Crippen LogP contribution in [0.2, 0.25) is 5.02 Å². The number of rotatable bonds is 1. The number of furan rings is 1. The molecule has 2 aromatic rings. The molecule has 1 aromatic heterocycles. The maximum atomic E-state index is 12.8. The molecule has 120 valence electrons. The summed E-state index contributed by atoms with van der Waals surface area (Å²) in [5, 5.41) is 4.93. The van der Waals surface area contributed by atoms with Crippen molar-refractivity contribution < 1.29 is 9.21 Å². The van der Waals surface area contributed by atoms with Crippen LogP contribution < -0.4 is 5.32 Å². The summed E-state index contributed by atoms with van der Waals surface area (Å²) in [4.78, 5) is 14.7. The molecule has 2 heterocycles. The van der Waals surface area contributed by atoms with Gasteiger partial charge in [-0.05, 0) is 39.0 Å². The highest BCUT2D eigenvalue weighted by atomic mass is 35.5. The topological polar surface area (TPSA) is 45.5 Å². The van der Waals surface area contributed by atoms with Gasteiger partial charge >= 0.3 is 0 Å². The molecule has 0 radical (unpaired) electrons. The number of carbonyl (C=O) groups is 1. The smallest absolute Gasteiger partial charge is 0.290 e. The molecule has 1 aromatic carbocycles. The molecule has 4 nitrogen and oxygen atoms in total. The Morgan fingerprint density at radius 3 is 2.86 bits per heavy atom. The molecule has 0 bridgehead atoms. The second-order valence-electron chi connectivity index (χ2n) is 5.68. The summed E-state index contributed by atoms with van der Waals surface area (Å²) < 4.78 is 5.78. The zero-order chi connectivity index (χ0) is 15.1. The molecule has 1 aliphatic rings. The number of nitrogens with one attached hydrogen (secondary N) is 1. The van der Waals surface area contributed by atoms with Gasteiger partial charge in [-0.15, -0.1) is 12.4 Å². The number of benzene rings is 1. The summed E-state index contributed by atoms with van der Waals surface area (Å²) >= 11 is 6.03. The summed E-state index contributed by atoms with van der Waals surface area (Å²) in [6.45, 7) is 7.56. The highest BCUT2D eigenvalue weighted by molar-refractivity contribution is 6.31. The van der Waals surface area contributed by atoms with Gasteiger partial charge in [-0.1, -0.05) is 11.6 Å². The Morgan fingerprint density at radius 1 is 1.41 bits per heavy atom. The highest BCUT2D eigenvalue weighted by Gasteiger charge is 2.31. The molecular weight excluding hydrogens is 323 g/mol. The molecular formula is C16H20Cl2N2O2. The summed E-state index contributed by atoms with van der Waals surface area (Å²) in [5.41, 5.74) is 1.56. The molecule has 1 saturated heterocycles. The van der Waals surface area contributed by atoms with Crippen LogP contribution in [0.15, 0.2) is 22.6 Å². The lowest BCUT2D eigenvalue weighted by Crippen LogP contribution is -2.57. The monoisotopic (exact) mass is 342 g/mol. The number of halogens is 2. The van der Waals surface area contributed by atoms with E-state index in [-0.39, 0.29) is 30.4 Å². The minimum absolute atomic E-state index is 0. The van der Waals surface area contributed by atoms with Crippen molar-refractivity contribution >= 4 is 40.9 Å². The van der Waals surface area contributed by atoms with Crippen LogP contribution in [0.1, 0.15) is 30.0 Å². The first kappa shape index (κ1) is 17.1. The number of hydrogen-bond acceptors (Lipinski definition) is 3. The van der Waals surface area contributed by atoms with Crippen molar-refractivity contribution in [3.8, 4) is 0 Å². The van der Waals surface area contributed by atoms with Gasteiger partial charge in [-0.3, -0.25) is 4.79 Å². The van der Waals surface area contributed by atoms with E-state index in [9.17, 15) is 4.79 Å². The van der Waals surface area contributed by atoms with E-state index in [4.69, 9.17) is 16.0 Å².